The summed E-state index contributed by atoms with van der Waals surface area (Å²) >= 11 is 1.48. The van der Waals surface area contributed by atoms with Gasteiger partial charge in [0.1, 0.15) is 16.3 Å². The molecule has 0 saturated heterocycles. The first-order chi connectivity index (χ1) is 9.95. The molecule has 0 aliphatic rings. The van der Waals surface area contributed by atoms with Crippen LogP contribution in [0.15, 0.2) is 24.4 Å². The normalized spacial score (nSPS) is 10.1. The van der Waals surface area contributed by atoms with Gasteiger partial charge in [0.05, 0.1) is 6.54 Å². The molecule has 0 unspecified atom stereocenters. The lowest BCUT2D eigenvalue weighted by Gasteiger charge is -2.07. The molecule has 0 aliphatic heterocycles. The third-order valence-corrected chi connectivity index (χ3v) is 3.47. The first-order valence-corrected chi connectivity index (χ1v) is 6.80. The maximum absolute atomic E-state index is 11.7. The molecule has 0 aliphatic carbocycles. The minimum Gasteiger partial charge on any atom is -0.507 e. The highest BCUT2D eigenvalue weighted by Crippen LogP contribution is 2.21. The SMILES string of the molecule is Cc1cnc(CNC(=O)Nc2ccc(C(=O)O)c(O)c2)s1. The number of carboxylic acid groups (broad SMARTS) is 1. The second kappa shape index (κ2) is 6.23. The topological polar surface area (TPSA) is 112 Å². The van der Waals surface area contributed by atoms with Crippen LogP contribution in [-0.2, 0) is 6.54 Å². The zero-order chi connectivity index (χ0) is 15.4. The van der Waals surface area contributed by atoms with E-state index < -0.39 is 17.7 Å². The quantitative estimate of drug-likeness (QED) is 0.691. The predicted molar refractivity (Wildman–Crippen MR) is 77.8 cm³/mol. The highest BCUT2D eigenvalue weighted by Gasteiger charge is 2.11. The van der Waals surface area contributed by atoms with Crippen LogP contribution >= 0.6 is 11.3 Å². The summed E-state index contributed by atoms with van der Waals surface area (Å²) in [6.45, 7) is 2.22. The molecule has 0 radical (unpaired) electrons. The van der Waals surface area contributed by atoms with Gasteiger partial charge in [-0.2, -0.15) is 0 Å². The number of aryl methyl sites for hydroxylation is 1. The first kappa shape index (κ1) is 14.8. The maximum atomic E-state index is 11.7. The number of carbonyl (C=O) groups is 2. The standard InChI is InChI=1S/C13H13N3O4S/c1-7-5-14-11(21-7)6-15-13(20)16-8-2-3-9(12(18)19)10(17)4-8/h2-5,17H,6H2,1H3,(H,18,19)(H2,15,16,20). The number of anilines is 1. The fraction of sp³-hybridized carbons (Fsp3) is 0.154. The van der Waals surface area contributed by atoms with Gasteiger partial charge in [0.2, 0.25) is 0 Å². The van der Waals surface area contributed by atoms with Crippen LogP contribution in [0, 0.1) is 6.92 Å². The van der Waals surface area contributed by atoms with Crippen molar-refractivity contribution in [3.63, 3.8) is 0 Å². The number of nitrogens with one attached hydrogen (secondary N) is 2. The van der Waals surface area contributed by atoms with Gasteiger partial charge in [0.15, 0.2) is 0 Å². The number of hydrogen-bond donors (Lipinski definition) is 4. The van der Waals surface area contributed by atoms with Crippen molar-refractivity contribution in [3.05, 3.63) is 39.8 Å². The molecule has 0 saturated carbocycles. The van der Waals surface area contributed by atoms with Gasteiger partial charge >= 0.3 is 12.0 Å². The van der Waals surface area contributed by atoms with E-state index in [2.05, 4.69) is 15.6 Å². The van der Waals surface area contributed by atoms with Gasteiger partial charge in [-0.25, -0.2) is 14.6 Å². The summed E-state index contributed by atoms with van der Waals surface area (Å²) in [6, 6.07) is 3.33. The molecule has 1 aromatic heterocycles. The third kappa shape index (κ3) is 3.93. The average Bonchev–Trinajstić information content (AvgIpc) is 2.82. The van der Waals surface area contributed by atoms with Crippen LogP contribution in [0.5, 0.6) is 5.75 Å². The van der Waals surface area contributed by atoms with Crippen molar-refractivity contribution >= 4 is 29.0 Å². The molecule has 21 heavy (non-hydrogen) atoms. The van der Waals surface area contributed by atoms with Gasteiger partial charge in [0, 0.05) is 22.8 Å². The number of carboxylic acids is 1. The van der Waals surface area contributed by atoms with Crippen LogP contribution in [0.2, 0.25) is 0 Å². The Balaban J connectivity index is 1.93. The third-order valence-electron chi connectivity index (χ3n) is 2.56. The Labute approximate surface area is 124 Å². The molecular formula is C13H13N3O4S. The largest absolute Gasteiger partial charge is 0.507 e. The molecule has 2 aromatic rings. The van der Waals surface area contributed by atoms with E-state index in [0.29, 0.717) is 12.2 Å². The minimum atomic E-state index is -1.23. The molecule has 0 atom stereocenters. The molecule has 1 aromatic carbocycles. The molecule has 0 spiro atoms. The Bertz CT molecular complexity index is 684. The summed E-state index contributed by atoms with van der Waals surface area (Å²) < 4.78 is 0. The molecule has 0 bridgehead atoms. The summed E-state index contributed by atoms with van der Waals surface area (Å²) in [5.41, 5.74) is 0.0736. The maximum Gasteiger partial charge on any atom is 0.339 e. The van der Waals surface area contributed by atoms with Crippen molar-refractivity contribution in [3.8, 4) is 5.75 Å². The number of aromatic carboxylic acids is 1. The molecule has 4 N–H and O–H groups in total. The number of aromatic nitrogens is 1. The Kier molecular flexibility index (Phi) is 4.39. The molecular weight excluding hydrogens is 294 g/mol. The lowest BCUT2D eigenvalue weighted by molar-refractivity contribution is 0.0694. The molecule has 2 rings (SSSR count). The average molecular weight is 307 g/mol. The van der Waals surface area contributed by atoms with E-state index in [9.17, 15) is 14.7 Å². The van der Waals surface area contributed by atoms with Crippen molar-refractivity contribution in [2.24, 2.45) is 0 Å². The van der Waals surface area contributed by atoms with E-state index in [0.717, 1.165) is 9.88 Å². The summed E-state index contributed by atoms with van der Waals surface area (Å²) in [6.07, 6.45) is 1.72. The summed E-state index contributed by atoms with van der Waals surface area (Å²) in [7, 11) is 0. The Morgan fingerprint density at radius 1 is 1.38 bits per heavy atom. The smallest absolute Gasteiger partial charge is 0.339 e. The molecule has 7 nitrogen and oxygen atoms in total. The van der Waals surface area contributed by atoms with Crippen molar-refractivity contribution in [1.29, 1.82) is 0 Å². The molecule has 8 heteroatoms. The van der Waals surface area contributed by atoms with Gasteiger partial charge in [-0.05, 0) is 19.1 Å². The fourth-order valence-electron chi connectivity index (χ4n) is 1.60. The van der Waals surface area contributed by atoms with Crippen LogP contribution in [0.25, 0.3) is 0 Å². The van der Waals surface area contributed by atoms with Gasteiger partial charge in [-0.15, -0.1) is 11.3 Å². The van der Waals surface area contributed by atoms with Crippen molar-refractivity contribution in [1.82, 2.24) is 10.3 Å². The van der Waals surface area contributed by atoms with Gasteiger partial charge in [-0.3, -0.25) is 0 Å². The lowest BCUT2D eigenvalue weighted by atomic mass is 10.2. The number of amides is 2. The number of urea groups is 1. The summed E-state index contributed by atoms with van der Waals surface area (Å²) in [4.78, 5) is 27.6. The highest BCUT2D eigenvalue weighted by molar-refractivity contribution is 7.11. The van der Waals surface area contributed by atoms with E-state index >= 15 is 0 Å². The van der Waals surface area contributed by atoms with Crippen LogP contribution in [0.1, 0.15) is 20.2 Å². The van der Waals surface area contributed by atoms with Crippen LogP contribution in [0.3, 0.4) is 0 Å². The number of aromatic hydroxyl groups is 1. The predicted octanol–water partition coefficient (Wildman–Crippen LogP) is 2.18. The number of rotatable bonds is 4. The number of phenols is 1. The second-order valence-corrected chi connectivity index (χ2v) is 5.53. The molecule has 2 amide bonds. The van der Waals surface area contributed by atoms with Crippen LogP contribution < -0.4 is 10.6 Å². The first-order valence-electron chi connectivity index (χ1n) is 5.98. The molecule has 1 heterocycles. The lowest BCUT2D eigenvalue weighted by Crippen LogP contribution is -2.28. The van der Waals surface area contributed by atoms with Gasteiger partial charge < -0.3 is 20.8 Å². The zero-order valence-electron chi connectivity index (χ0n) is 11.1. The van der Waals surface area contributed by atoms with Crippen molar-refractivity contribution in [2.45, 2.75) is 13.5 Å². The Morgan fingerprint density at radius 2 is 2.14 bits per heavy atom. The number of carbonyl (C=O) groups excluding carboxylic acids is 1. The minimum absolute atomic E-state index is 0.223. The molecule has 0 fully saturated rings. The van der Waals surface area contributed by atoms with Crippen LogP contribution in [-0.4, -0.2) is 27.2 Å². The number of thiazole rings is 1. The highest BCUT2D eigenvalue weighted by atomic mass is 32.1. The number of benzene rings is 1. The Hall–Kier alpha value is -2.61. The van der Waals surface area contributed by atoms with E-state index in [1.807, 2.05) is 6.92 Å². The fourth-order valence-corrected chi connectivity index (χ4v) is 2.33. The van der Waals surface area contributed by atoms with Crippen LogP contribution in [0.4, 0.5) is 10.5 Å². The van der Waals surface area contributed by atoms with Crippen molar-refractivity contribution < 1.29 is 19.8 Å². The van der Waals surface area contributed by atoms with E-state index in [1.54, 1.807) is 6.20 Å². The summed E-state index contributed by atoms with van der Waals surface area (Å²) in [5.74, 6) is -1.64. The number of hydrogen-bond acceptors (Lipinski definition) is 5. The Morgan fingerprint density at radius 3 is 2.71 bits per heavy atom. The van der Waals surface area contributed by atoms with Crippen molar-refractivity contribution in [2.75, 3.05) is 5.32 Å². The van der Waals surface area contributed by atoms with E-state index in [-0.39, 0.29) is 5.56 Å². The van der Waals surface area contributed by atoms with E-state index in [4.69, 9.17) is 5.11 Å². The number of nitrogens with zero attached hydrogens (tertiary/aromatic N) is 1. The zero-order valence-corrected chi connectivity index (χ0v) is 11.9. The van der Waals surface area contributed by atoms with E-state index in [1.165, 1.54) is 29.5 Å². The molecule has 110 valence electrons. The van der Waals surface area contributed by atoms with Gasteiger partial charge in [-0.1, -0.05) is 0 Å². The second-order valence-electron chi connectivity index (χ2n) is 4.21. The monoisotopic (exact) mass is 307 g/mol. The summed E-state index contributed by atoms with van der Waals surface area (Å²) in [5, 5.41) is 24.2. The van der Waals surface area contributed by atoms with Gasteiger partial charge in [0.25, 0.3) is 0 Å².